The van der Waals surface area contributed by atoms with Crippen LogP contribution in [0.1, 0.15) is 25.7 Å². The van der Waals surface area contributed by atoms with Crippen molar-refractivity contribution < 1.29 is 8.42 Å². The highest BCUT2D eigenvalue weighted by molar-refractivity contribution is 7.89. The molecule has 2 aliphatic rings. The van der Waals surface area contributed by atoms with Crippen molar-refractivity contribution in [2.24, 2.45) is 4.40 Å². The molecule has 1 fully saturated rings. The van der Waals surface area contributed by atoms with E-state index in [9.17, 15) is 8.42 Å². The summed E-state index contributed by atoms with van der Waals surface area (Å²) >= 11 is 0. The van der Waals surface area contributed by atoms with Gasteiger partial charge in [-0.3, -0.25) is 0 Å². The predicted octanol–water partition coefficient (Wildman–Crippen LogP) is 2.24. The Bertz CT molecular complexity index is 691. The highest BCUT2D eigenvalue weighted by Crippen LogP contribution is 2.46. The van der Waals surface area contributed by atoms with Gasteiger partial charge in [0.2, 0.25) is 0 Å². The van der Waals surface area contributed by atoms with Gasteiger partial charge in [0, 0.05) is 14.1 Å². The third kappa shape index (κ3) is 2.21. The van der Waals surface area contributed by atoms with Gasteiger partial charge in [0.05, 0.1) is 23.2 Å². The molecule has 0 bridgehead atoms. The third-order valence-corrected chi connectivity index (χ3v) is 5.17. The zero-order valence-corrected chi connectivity index (χ0v) is 13.5. The van der Waals surface area contributed by atoms with E-state index in [2.05, 4.69) is 22.4 Å². The minimum atomic E-state index is -3.43. The van der Waals surface area contributed by atoms with Crippen LogP contribution in [0.3, 0.4) is 0 Å². The van der Waals surface area contributed by atoms with Gasteiger partial charge in [-0.2, -0.15) is 0 Å². The lowest BCUT2D eigenvalue weighted by Crippen LogP contribution is -2.60. The molecule has 0 radical (unpaired) electrons. The van der Waals surface area contributed by atoms with Crippen LogP contribution in [0, 0.1) is 0 Å². The number of rotatable bonds is 1. The van der Waals surface area contributed by atoms with Crippen LogP contribution < -0.4 is 9.80 Å². The summed E-state index contributed by atoms with van der Waals surface area (Å²) in [6.45, 7) is 0. The molecule has 0 unspecified atom stereocenters. The van der Waals surface area contributed by atoms with E-state index in [4.69, 9.17) is 0 Å². The molecule has 114 valence electrons. The highest BCUT2D eigenvalue weighted by atomic mass is 32.2. The van der Waals surface area contributed by atoms with Crippen LogP contribution in [-0.4, -0.2) is 40.1 Å². The Balaban J connectivity index is 2.25. The minimum Gasteiger partial charge on any atom is -0.360 e. The molecule has 1 heterocycles. The van der Waals surface area contributed by atoms with Crippen LogP contribution in [0.5, 0.6) is 0 Å². The van der Waals surface area contributed by atoms with Crippen molar-refractivity contribution in [3.63, 3.8) is 0 Å². The SMILES string of the molecule is CN1/C(=N\S(C)(=O)=O)C2(CCCC2)N(C)c2ccccc21. The molecule has 1 aromatic rings. The molecule has 0 saturated heterocycles. The number of amidine groups is 1. The Hall–Kier alpha value is -1.56. The van der Waals surface area contributed by atoms with Gasteiger partial charge in [-0.1, -0.05) is 25.0 Å². The molecule has 0 aromatic heterocycles. The van der Waals surface area contributed by atoms with E-state index in [1.165, 1.54) is 0 Å². The maximum absolute atomic E-state index is 11.8. The lowest BCUT2D eigenvalue weighted by Gasteiger charge is -2.49. The van der Waals surface area contributed by atoms with Gasteiger partial charge < -0.3 is 9.80 Å². The number of likely N-dealkylation sites (N-methyl/N-ethyl adjacent to an activating group) is 2. The first-order valence-electron chi connectivity index (χ1n) is 7.22. The summed E-state index contributed by atoms with van der Waals surface area (Å²) in [4.78, 5) is 4.17. The molecule has 1 aliphatic heterocycles. The number of sulfonamides is 1. The second-order valence-corrected chi connectivity index (χ2v) is 7.64. The third-order valence-electron chi connectivity index (χ3n) is 4.66. The molecule has 0 atom stereocenters. The predicted molar refractivity (Wildman–Crippen MR) is 86.7 cm³/mol. The van der Waals surface area contributed by atoms with Crippen molar-refractivity contribution in [3.05, 3.63) is 24.3 Å². The van der Waals surface area contributed by atoms with E-state index in [-0.39, 0.29) is 5.54 Å². The van der Waals surface area contributed by atoms with Gasteiger partial charge in [-0.15, -0.1) is 4.40 Å². The van der Waals surface area contributed by atoms with Gasteiger partial charge in [0.25, 0.3) is 10.0 Å². The summed E-state index contributed by atoms with van der Waals surface area (Å²) < 4.78 is 27.6. The summed E-state index contributed by atoms with van der Waals surface area (Å²) in [6.07, 6.45) is 5.25. The number of hydrogen-bond acceptors (Lipinski definition) is 3. The maximum atomic E-state index is 11.8. The van der Waals surface area contributed by atoms with E-state index in [1.54, 1.807) is 0 Å². The number of nitrogens with zero attached hydrogens (tertiary/aromatic N) is 3. The van der Waals surface area contributed by atoms with Crippen molar-refractivity contribution in [3.8, 4) is 0 Å². The second kappa shape index (κ2) is 4.73. The average molecular weight is 307 g/mol. The Kier molecular flexibility index (Phi) is 3.24. The van der Waals surface area contributed by atoms with Crippen LogP contribution in [0.15, 0.2) is 28.7 Å². The van der Waals surface area contributed by atoms with Gasteiger partial charge in [0.15, 0.2) is 0 Å². The number of hydrogen-bond donors (Lipinski definition) is 0. The highest BCUT2D eigenvalue weighted by Gasteiger charge is 2.49. The molecule has 1 aromatic carbocycles. The van der Waals surface area contributed by atoms with Crippen molar-refractivity contribution in [2.45, 2.75) is 31.2 Å². The van der Waals surface area contributed by atoms with Crippen LogP contribution in [-0.2, 0) is 10.0 Å². The van der Waals surface area contributed by atoms with Gasteiger partial charge in [-0.05, 0) is 25.0 Å². The van der Waals surface area contributed by atoms with Crippen LogP contribution >= 0.6 is 0 Å². The molecular weight excluding hydrogens is 286 g/mol. The maximum Gasteiger partial charge on any atom is 0.251 e. The number of anilines is 2. The number of benzene rings is 1. The van der Waals surface area contributed by atoms with E-state index in [0.717, 1.165) is 43.3 Å². The largest absolute Gasteiger partial charge is 0.360 e. The first kappa shape index (κ1) is 14.4. The summed E-state index contributed by atoms with van der Waals surface area (Å²) in [5, 5.41) is 0. The summed E-state index contributed by atoms with van der Waals surface area (Å²) in [7, 11) is 0.537. The summed E-state index contributed by atoms with van der Waals surface area (Å²) in [5.74, 6) is 0.656. The molecule has 1 spiro atoms. The molecule has 0 amide bonds. The van der Waals surface area contributed by atoms with Gasteiger partial charge in [0.1, 0.15) is 5.84 Å². The van der Waals surface area contributed by atoms with Crippen molar-refractivity contribution in [1.82, 2.24) is 0 Å². The van der Waals surface area contributed by atoms with E-state index in [0.29, 0.717) is 5.84 Å². The van der Waals surface area contributed by atoms with Crippen LogP contribution in [0.25, 0.3) is 0 Å². The first-order chi connectivity index (χ1) is 9.85. The lowest BCUT2D eigenvalue weighted by atomic mass is 9.89. The number of para-hydroxylation sites is 2. The van der Waals surface area contributed by atoms with Crippen LogP contribution in [0.2, 0.25) is 0 Å². The van der Waals surface area contributed by atoms with Crippen molar-refractivity contribution in [2.75, 3.05) is 30.2 Å². The topological polar surface area (TPSA) is 53.0 Å². The fourth-order valence-electron chi connectivity index (χ4n) is 3.66. The molecule has 1 aliphatic carbocycles. The van der Waals surface area contributed by atoms with E-state index < -0.39 is 10.0 Å². The molecule has 5 nitrogen and oxygen atoms in total. The summed E-state index contributed by atoms with van der Waals surface area (Å²) in [5.41, 5.74) is 1.83. The Labute approximate surface area is 126 Å². The van der Waals surface area contributed by atoms with E-state index in [1.807, 2.05) is 30.1 Å². The fourth-order valence-corrected chi connectivity index (χ4v) is 4.27. The van der Waals surface area contributed by atoms with Crippen LogP contribution in [0.4, 0.5) is 11.4 Å². The Morgan fingerprint density at radius 1 is 1.10 bits per heavy atom. The molecule has 6 heteroatoms. The van der Waals surface area contributed by atoms with Gasteiger partial charge in [-0.25, -0.2) is 8.42 Å². The lowest BCUT2D eigenvalue weighted by molar-refractivity contribution is 0.534. The molecule has 1 saturated carbocycles. The quantitative estimate of drug-likeness (QED) is 0.798. The van der Waals surface area contributed by atoms with Gasteiger partial charge >= 0.3 is 0 Å². The summed E-state index contributed by atoms with van der Waals surface area (Å²) in [6, 6.07) is 8.08. The van der Waals surface area contributed by atoms with Crippen molar-refractivity contribution >= 4 is 27.2 Å². The zero-order valence-electron chi connectivity index (χ0n) is 12.7. The Morgan fingerprint density at radius 2 is 1.67 bits per heavy atom. The molecule has 3 rings (SSSR count). The van der Waals surface area contributed by atoms with E-state index >= 15 is 0 Å². The zero-order chi connectivity index (χ0) is 15.3. The fraction of sp³-hybridized carbons (Fsp3) is 0.533. The molecule has 0 N–H and O–H groups in total. The second-order valence-electron chi connectivity index (χ2n) is 5.99. The smallest absolute Gasteiger partial charge is 0.251 e. The Morgan fingerprint density at radius 3 is 2.24 bits per heavy atom. The first-order valence-corrected chi connectivity index (χ1v) is 9.07. The monoisotopic (exact) mass is 307 g/mol. The molecule has 21 heavy (non-hydrogen) atoms. The minimum absolute atomic E-state index is 0.299. The average Bonchev–Trinajstić information content (AvgIpc) is 2.91. The molecular formula is C15H21N3O2S. The standard InChI is InChI=1S/C15H21N3O2S/c1-17-12-8-4-5-9-13(12)18(2)15(10-6-7-11-15)14(17)16-21(3,19)20/h4-5,8-9H,6-7,10-11H2,1-3H3/b16-14-. The van der Waals surface area contributed by atoms with Crippen molar-refractivity contribution in [1.29, 1.82) is 0 Å². The number of fused-ring (bicyclic) bond motifs is 1. The normalized spacial score (nSPS) is 22.9.